The second kappa shape index (κ2) is 9.21. The van der Waals surface area contributed by atoms with E-state index in [1.54, 1.807) is 36.1 Å². The number of hydrogen-bond acceptors (Lipinski definition) is 7. The van der Waals surface area contributed by atoms with Crippen LogP contribution in [0.2, 0.25) is 0 Å². The molecule has 2 aromatic carbocycles. The summed E-state index contributed by atoms with van der Waals surface area (Å²) in [5, 5.41) is 19.5. The Morgan fingerprint density at radius 1 is 1.17 bits per heavy atom. The van der Waals surface area contributed by atoms with Gasteiger partial charge in [0.2, 0.25) is 0 Å². The largest absolute Gasteiger partial charge is 0.493 e. The monoisotopic (exact) mass is 478 g/mol. The van der Waals surface area contributed by atoms with Gasteiger partial charge in [-0.15, -0.1) is 5.10 Å². The summed E-state index contributed by atoms with van der Waals surface area (Å²) in [7, 11) is 0. The first-order chi connectivity index (χ1) is 17.0. The average molecular weight is 478 g/mol. The lowest BCUT2D eigenvalue weighted by Gasteiger charge is -2.22. The number of benzene rings is 2. The molecule has 3 heterocycles. The maximum atomic E-state index is 14.1. The van der Waals surface area contributed by atoms with E-state index in [4.69, 9.17) is 14.7 Å². The molecule has 2 atom stereocenters. The third-order valence-electron chi connectivity index (χ3n) is 6.53. The van der Waals surface area contributed by atoms with Crippen LogP contribution in [0.4, 0.5) is 9.18 Å². The topological polar surface area (TPSA) is 124 Å². The molecular formula is C24H23FN6O4. The fourth-order valence-electron chi connectivity index (χ4n) is 4.78. The molecule has 1 aromatic heterocycles. The van der Waals surface area contributed by atoms with Gasteiger partial charge < -0.3 is 19.3 Å². The molecule has 1 N–H and O–H groups in total. The second-order valence-corrected chi connectivity index (χ2v) is 8.72. The lowest BCUT2D eigenvalue weighted by Crippen LogP contribution is -2.35. The third-order valence-corrected chi connectivity index (χ3v) is 6.53. The van der Waals surface area contributed by atoms with E-state index >= 15 is 0 Å². The van der Waals surface area contributed by atoms with E-state index < -0.39 is 11.9 Å². The third kappa shape index (κ3) is 4.35. The Balaban J connectivity index is 1.17. The molecule has 0 spiro atoms. The zero-order valence-electron chi connectivity index (χ0n) is 19.0. The Bertz CT molecular complexity index is 1320. The van der Waals surface area contributed by atoms with Crippen molar-refractivity contribution in [3.63, 3.8) is 0 Å². The minimum absolute atomic E-state index is 0.0651. The van der Waals surface area contributed by atoms with Crippen molar-refractivity contribution in [3.05, 3.63) is 52.8 Å². The summed E-state index contributed by atoms with van der Waals surface area (Å²) in [5.41, 5.74) is 2.19. The molecule has 35 heavy (non-hydrogen) atoms. The van der Waals surface area contributed by atoms with Gasteiger partial charge in [-0.05, 0) is 31.2 Å². The maximum Gasteiger partial charge on any atom is 0.410 e. The number of fused-ring (bicyclic) bond motifs is 2. The number of H-pyrrole nitrogens is 1. The maximum absolute atomic E-state index is 14.1. The summed E-state index contributed by atoms with van der Waals surface area (Å²) in [6.45, 7) is 4.01. The van der Waals surface area contributed by atoms with Crippen LogP contribution in [0.1, 0.15) is 28.4 Å². The smallest absolute Gasteiger partial charge is 0.410 e. The SMILES string of the molecule is CCOc1cc(C#N)c(F)cc1COC(=O)N1C[C@@H]2CN(C(=O)c3ccc4[nH]nnc4c3)C[C@H]2C1. The Morgan fingerprint density at radius 3 is 2.63 bits per heavy atom. The summed E-state index contributed by atoms with van der Waals surface area (Å²) in [6.07, 6.45) is -0.499. The van der Waals surface area contributed by atoms with E-state index in [0.29, 0.717) is 55.2 Å². The first-order valence-corrected chi connectivity index (χ1v) is 11.3. The summed E-state index contributed by atoms with van der Waals surface area (Å²) in [4.78, 5) is 29.1. The van der Waals surface area contributed by atoms with E-state index in [1.165, 1.54) is 6.07 Å². The van der Waals surface area contributed by atoms with Crippen molar-refractivity contribution in [2.24, 2.45) is 11.8 Å². The van der Waals surface area contributed by atoms with Crippen molar-refractivity contribution in [2.75, 3.05) is 32.8 Å². The highest BCUT2D eigenvalue weighted by Gasteiger charge is 2.43. The zero-order chi connectivity index (χ0) is 24.5. The molecule has 3 aromatic rings. The lowest BCUT2D eigenvalue weighted by atomic mass is 10.0. The number of halogens is 1. The Kier molecular flexibility index (Phi) is 5.94. The molecule has 0 aliphatic carbocycles. The van der Waals surface area contributed by atoms with Crippen molar-refractivity contribution in [1.82, 2.24) is 25.2 Å². The number of nitriles is 1. The van der Waals surface area contributed by atoms with Gasteiger partial charge in [0.25, 0.3) is 5.91 Å². The molecule has 10 nitrogen and oxygen atoms in total. The van der Waals surface area contributed by atoms with Gasteiger partial charge in [-0.2, -0.15) is 5.26 Å². The highest BCUT2D eigenvalue weighted by atomic mass is 19.1. The van der Waals surface area contributed by atoms with E-state index in [1.807, 2.05) is 4.90 Å². The number of amides is 2. The number of carbonyl (C=O) groups excluding carboxylic acids is 2. The molecule has 2 aliphatic heterocycles. The van der Waals surface area contributed by atoms with Crippen LogP contribution >= 0.6 is 0 Å². The van der Waals surface area contributed by atoms with Crippen molar-refractivity contribution in [3.8, 4) is 11.8 Å². The number of likely N-dealkylation sites (tertiary alicyclic amines) is 2. The summed E-state index contributed by atoms with van der Waals surface area (Å²) < 4.78 is 25.0. The number of aromatic amines is 1. The average Bonchev–Trinajstić information content (AvgIpc) is 3.57. The van der Waals surface area contributed by atoms with Gasteiger partial charge >= 0.3 is 6.09 Å². The van der Waals surface area contributed by atoms with Gasteiger partial charge in [0, 0.05) is 55.2 Å². The summed E-state index contributed by atoms with van der Waals surface area (Å²) in [6, 6.07) is 9.52. The molecule has 0 radical (unpaired) electrons. The molecule has 0 bridgehead atoms. The van der Waals surface area contributed by atoms with Crippen molar-refractivity contribution >= 4 is 23.0 Å². The molecule has 5 rings (SSSR count). The number of nitrogens with one attached hydrogen (secondary N) is 1. The molecular weight excluding hydrogens is 455 g/mol. The fourth-order valence-corrected chi connectivity index (χ4v) is 4.78. The van der Waals surface area contributed by atoms with Crippen molar-refractivity contribution in [1.29, 1.82) is 5.26 Å². The highest BCUT2D eigenvalue weighted by molar-refractivity contribution is 5.97. The van der Waals surface area contributed by atoms with Crippen LogP contribution in [-0.2, 0) is 11.3 Å². The number of ether oxygens (including phenoxy) is 2. The van der Waals surface area contributed by atoms with Crippen molar-refractivity contribution in [2.45, 2.75) is 13.5 Å². The Labute approximate surface area is 200 Å². The molecule has 11 heteroatoms. The highest BCUT2D eigenvalue weighted by Crippen LogP contribution is 2.33. The number of carbonyl (C=O) groups is 2. The molecule has 0 unspecified atom stereocenters. The van der Waals surface area contributed by atoms with Gasteiger partial charge in [0.05, 0.1) is 17.7 Å². The molecule has 2 fully saturated rings. The van der Waals surface area contributed by atoms with Crippen LogP contribution in [-0.4, -0.2) is 70.0 Å². The number of aromatic nitrogens is 3. The fraction of sp³-hybridized carbons (Fsp3) is 0.375. The number of nitrogens with zero attached hydrogens (tertiary/aromatic N) is 5. The van der Waals surface area contributed by atoms with E-state index in [2.05, 4.69) is 15.4 Å². The van der Waals surface area contributed by atoms with Crippen LogP contribution in [0.25, 0.3) is 11.0 Å². The van der Waals surface area contributed by atoms with Crippen LogP contribution < -0.4 is 4.74 Å². The minimum atomic E-state index is -0.690. The van der Waals surface area contributed by atoms with Gasteiger partial charge in [-0.25, -0.2) is 9.18 Å². The summed E-state index contributed by atoms with van der Waals surface area (Å²) in [5.74, 6) is -0.119. The van der Waals surface area contributed by atoms with Gasteiger partial charge in [0.1, 0.15) is 29.8 Å². The predicted octanol–water partition coefficient (Wildman–Crippen LogP) is 2.71. The van der Waals surface area contributed by atoms with Crippen LogP contribution in [0.15, 0.2) is 30.3 Å². The standard InChI is InChI=1S/C24H23FN6O4/c1-2-34-22-7-15(8-26)19(25)5-16(22)13-35-24(33)31-11-17-9-30(10-18(17)12-31)23(32)14-3-4-20-21(6-14)28-29-27-20/h3-7,17-18H,2,9-13H2,1H3,(H,27,28,29)/t17-,18-/m0/s1. The molecule has 2 aliphatic rings. The van der Waals surface area contributed by atoms with E-state index in [9.17, 15) is 14.0 Å². The predicted molar refractivity (Wildman–Crippen MR) is 121 cm³/mol. The summed E-state index contributed by atoms with van der Waals surface area (Å²) >= 11 is 0. The lowest BCUT2D eigenvalue weighted by molar-refractivity contribution is 0.0764. The van der Waals surface area contributed by atoms with Gasteiger partial charge in [-0.3, -0.25) is 9.89 Å². The second-order valence-electron chi connectivity index (χ2n) is 8.72. The van der Waals surface area contributed by atoms with E-state index in [-0.39, 0.29) is 29.9 Å². The first-order valence-electron chi connectivity index (χ1n) is 11.3. The number of hydrogen-bond donors (Lipinski definition) is 1. The quantitative estimate of drug-likeness (QED) is 0.598. The van der Waals surface area contributed by atoms with Crippen LogP contribution in [0.5, 0.6) is 5.75 Å². The molecule has 0 saturated carbocycles. The molecule has 2 amide bonds. The molecule has 180 valence electrons. The minimum Gasteiger partial charge on any atom is -0.493 e. The molecule has 2 saturated heterocycles. The Hall–Kier alpha value is -4.20. The normalized spacial score (nSPS) is 19.0. The van der Waals surface area contributed by atoms with Crippen LogP contribution in [0.3, 0.4) is 0 Å². The van der Waals surface area contributed by atoms with E-state index in [0.717, 1.165) is 11.6 Å². The van der Waals surface area contributed by atoms with Gasteiger partial charge in [-0.1, -0.05) is 5.21 Å². The number of rotatable bonds is 5. The van der Waals surface area contributed by atoms with Crippen molar-refractivity contribution < 1.29 is 23.5 Å². The van der Waals surface area contributed by atoms with Gasteiger partial charge in [0.15, 0.2) is 0 Å². The first kappa shape index (κ1) is 22.6. The van der Waals surface area contributed by atoms with Crippen LogP contribution in [0, 0.1) is 29.0 Å². The zero-order valence-corrected chi connectivity index (χ0v) is 19.0. The Morgan fingerprint density at radius 2 is 1.91 bits per heavy atom.